The molecule has 0 radical (unpaired) electrons. The lowest BCUT2D eigenvalue weighted by Gasteiger charge is -2.12. The Morgan fingerprint density at radius 2 is 1.71 bits per heavy atom. The Morgan fingerprint density at radius 3 is 2.39 bits per heavy atom. The third-order valence-corrected chi connectivity index (χ3v) is 4.70. The molecule has 1 atom stereocenters. The number of hydrogen-bond acceptors (Lipinski definition) is 3. The highest BCUT2D eigenvalue weighted by Gasteiger charge is 2.29. The van der Waals surface area contributed by atoms with Crippen molar-refractivity contribution in [3.63, 3.8) is 0 Å². The zero-order valence-corrected chi connectivity index (χ0v) is 15.3. The van der Waals surface area contributed by atoms with Crippen molar-refractivity contribution < 1.29 is 27.5 Å². The first-order valence-corrected chi connectivity index (χ1v) is 8.96. The first-order chi connectivity index (χ1) is 13.2. The summed E-state index contributed by atoms with van der Waals surface area (Å²) in [6.07, 6.45) is 0.110. The molecule has 3 rings (SSSR count). The summed E-state index contributed by atoms with van der Waals surface area (Å²) in [5.74, 6) is -1.02. The molecular formula is C22H19F3O3. The summed E-state index contributed by atoms with van der Waals surface area (Å²) in [6, 6.07) is 9.92. The molecule has 0 saturated heterocycles. The first-order valence-electron chi connectivity index (χ1n) is 8.96. The number of aryl methyl sites for hydroxylation is 2. The number of rotatable bonds is 5. The number of Topliss-reactive ketones (excluding diaryl/α,β-unsaturated/α-hetero) is 1. The average Bonchev–Trinajstić information content (AvgIpc) is 3.13. The number of alkyl halides is 3. The van der Waals surface area contributed by atoms with Gasteiger partial charge in [0, 0.05) is 11.6 Å². The lowest BCUT2D eigenvalue weighted by Crippen LogP contribution is -2.23. The molecule has 1 aliphatic rings. The van der Waals surface area contributed by atoms with E-state index in [0.717, 1.165) is 43.0 Å². The van der Waals surface area contributed by atoms with E-state index >= 15 is 0 Å². The summed E-state index contributed by atoms with van der Waals surface area (Å²) < 4.78 is 42.8. The van der Waals surface area contributed by atoms with Crippen molar-refractivity contribution in [1.82, 2.24) is 0 Å². The minimum absolute atomic E-state index is 0.286. The normalized spacial score (nSPS) is 14.7. The Kier molecular flexibility index (Phi) is 5.68. The van der Waals surface area contributed by atoms with Gasteiger partial charge in [0.1, 0.15) is 0 Å². The van der Waals surface area contributed by atoms with Crippen LogP contribution in [0.3, 0.4) is 0 Å². The van der Waals surface area contributed by atoms with Crippen molar-refractivity contribution in [2.45, 2.75) is 38.5 Å². The van der Waals surface area contributed by atoms with Crippen molar-refractivity contribution in [2.24, 2.45) is 0 Å². The van der Waals surface area contributed by atoms with Gasteiger partial charge in [-0.3, -0.25) is 4.79 Å². The van der Waals surface area contributed by atoms with Crippen LogP contribution in [0.5, 0.6) is 0 Å². The summed E-state index contributed by atoms with van der Waals surface area (Å²) in [5.41, 5.74) is 2.57. The third-order valence-electron chi connectivity index (χ3n) is 4.70. The first kappa shape index (κ1) is 19.9. The minimum atomic E-state index is -4.41. The fourth-order valence-corrected chi connectivity index (χ4v) is 3.17. The number of carbonyl (C=O) groups excluding carboxylic acids is 2. The molecule has 146 valence electrons. The molecule has 2 aromatic rings. The van der Waals surface area contributed by atoms with Crippen LogP contribution in [0.1, 0.15) is 46.0 Å². The highest BCUT2D eigenvalue weighted by molar-refractivity contribution is 6.01. The Bertz CT molecular complexity index is 912. The Balaban J connectivity index is 1.59. The lowest BCUT2D eigenvalue weighted by atomic mass is 10.0. The highest BCUT2D eigenvalue weighted by atomic mass is 19.4. The van der Waals surface area contributed by atoms with E-state index < -0.39 is 23.8 Å². The number of esters is 1. The van der Waals surface area contributed by atoms with Crippen LogP contribution in [0.2, 0.25) is 0 Å². The zero-order valence-electron chi connectivity index (χ0n) is 15.3. The van der Waals surface area contributed by atoms with Crippen molar-refractivity contribution >= 4 is 17.8 Å². The molecule has 0 heterocycles. The quantitative estimate of drug-likeness (QED) is 0.410. The molecule has 0 unspecified atom stereocenters. The topological polar surface area (TPSA) is 43.4 Å². The second-order valence-corrected chi connectivity index (χ2v) is 6.73. The Labute approximate surface area is 160 Å². The van der Waals surface area contributed by atoms with Crippen molar-refractivity contribution in [2.75, 3.05) is 0 Å². The minimum Gasteiger partial charge on any atom is -0.451 e. The summed E-state index contributed by atoms with van der Waals surface area (Å²) >= 11 is 0. The predicted octanol–water partition coefficient (Wildman–Crippen LogP) is 5.02. The molecular weight excluding hydrogens is 369 g/mol. The van der Waals surface area contributed by atoms with Gasteiger partial charge < -0.3 is 4.74 Å². The maximum atomic E-state index is 12.5. The van der Waals surface area contributed by atoms with Crippen LogP contribution in [0, 0.1) is 0 Å². The van der Waals surface area contributed by atoms with Crippen LogP contribution >= 0.6 is 0 Å². The molecule has 2 aromatic carbocycles. The second kappa shape index (κ2) is 8.00. The van der Waals surface area contributed by atoms with Crippen molar-refractivity contribution in [3.8, 4) is 0 Å². The van der Waals surface area contributed by atoms with E-state index in [-0.39, 0.29) is 5.78 Å². The van der Waals surface area contributed by atoms with E-state index in [1.807, 2.05) is 12.1 Å². The fourth-order valence-electron chi connectivity index (χ4n) is 3.17. The smallest absolute Gasteiger partial charge is 0.416 e. The molecule has 6 heteroatoms. The Morgan fingerprint density at radius 1 is 1.04 bits per heavy atom. The number of ketones is 1. The van der Waals surface area contributed by atoms with Gasteiger partial charge in [-0.15, -0.1) is 0 Å². The lowest BCUT2D eigenvalue weighted by molar-refractivity contribution is -0.140. The van der Waals surface area contributed by atoms with Gasteiger partial charge in [0.05, 0.1) is 5.56 Å². The van der Waals surface area contributed by atoms with Gasteiger partial charge in [-0.1, -0.05) is 24.3 Å². The number of halogens is 3. The summed E-state index contributed by atoms with van der Waals surface area (Å²) in [5, 5.41) is 0. The number of benzene rings is 2. The van der Waals surface area contributed by atoms with Crippen LogP contribution in [-0.2, 0) is 28.5 Å². The SMILES string of the molecule is C[C@H](OC(=O)/C=C/c1ccc(C(F)(F)F)cc1)C(=O)c1ccc2c(c1)CCC2. The molecule has 0 aromatic heterocycles. The van der Waals surface area contributed by atoms with E-state index in [2.05, 4.69) is 0 Å². The van der Waals surface area contributed by atoms with Gasteiger partial charge in [-0.2, -0.15) is 13.2 Å². The zero-order chi connectivity index (χ0) is 20.3. The van der Waals surface area contributed by atoms with Crippen molar-refractivity contribution in [3.05, 3.63) is 76.4 Å². The molecule has 0 saturated carbocycles. The molecule has 0 spiro atoms. The van der Waals surface area contributed by atoms with Gasteiger partial charge in [0.2, 0.25) is 5.78 Å². The van der Waals surface area contributed by atoms with E-state index in [9.17, 15) is 22.8 Å². The maximum Gasteiger partial charge on any atom is 0.416 e. The molecule has 0 aliphatic heterocycles. The van der Waals surface area contributed by atoms with Gasteiger partial charge >= 0.3 is 12.1 Å². The number of carbonyl (C=O) groups is 2. The molecule has 3 nitrogen and oxygen atoms in total. The molecule has 0 amide bonds. The number of fused-ring (bicyclic) bond motifs is 1. The van der Waals surface area contributed by atoms with E-state index in [1.165, 1.54) is 30.7 Å². The second-order valence-electron chi connectivity index (χ2n) is 6.73. The third kappa shape index (κ3) is 4.68. The van der Waals surface area contributed by atoms with Gasteiger partial charge in [-0.05, 0) is 67.2 Å². The summed E-state index contributed by atoms with van der Waals surface area (Å²) in [6.45, 7) is 1.50. The predicted molar refractivity (Wildman–Crippen MR) is 98.8 cm³/mol. The van der Waals surface area contributed by atoms with Gasteiger partial charge in [0.15, 0.2) is 6.10 Å². The van der Waals surface area contributed by atoms with E-state index in [0.29, 0.717) is 11.1 Å². The van der Waals surface area contributed by atoms with Crippen molar-refractivity contribution in [1.29, 1.82) is 0 Å². The Hall–Kier alpha value is -2.89. The monoisotopic (exact) mass is 388 g/mol. The highest BCUT2D eigenvalue weighted by Crippen LogP contribution is 2.29. The average molecular weight is 388 g/mol. The van der Waals surface area contributed by atoms with Crippen LogP contribution in [0.4, 0.5) is 13.2 Å². The molecule has 0 fully saturated rings. The van der Waals surface area contributed by atoms with Crippen LogP contribution in [-0.4, -0.2) is 17.9 Å². The van der Waals surface area contributed by atoms with E-state index in [1.54, 1.807) is 6.07 Å². The van der Waals surface area contributed by atoms with Gasteiger partial charge in [-0.25, -0.2) is 4.79 Å². The summed E-state index contributed by atoms with van der Waals surface area (Å²) in [4.78, 5) is 24.4. The molecule has 0 N–H and O–H groups in total. The standard InChI is InChI=1S/C22H19F3O3/c1-14(21(27)18-9-8-16-3-2-4-17(16)13-18)28-20(26)12-7-15-5-10-19(11-6-15)22(23,24)25/h5-14H,2-4H2,1H3/b12-7+/t14-/m0/s1. The molecule has 0 bridgehead atoms. The number of ether oxygens (including phenoxy) is 1. The van der Waals surface area contributed by atoms with Crippen LogP contribution in [0.15, 0.2) is 48.5 Å². The molecule has 1 aliphatic carbocycles. The largest absolute Gasteiger partial charge is 0.451 e. The van der Waals surface area contributed by atoms with Gasteiger partial charge in [0.25, 0.3) is 0 Å². The number of hydrogen-bond donors (Lipinski definition) is 0. The van der Waals surface area contributed by atoms with E-state index in [4.69, 9.17) is 4.74 Å². The maximum absolute atomic E-state index is 12.5. The van der Waals surface area contributed by atoms with Crippen LogP contribution in [0.25, 0.3) is 6.08 Å². The molecule has 28 heavy (non-hydrogen) atoms. The van der Waals surface area contributed by atoms with Crippen LogP contribution < -0.4 is 0 Å². The summed E-state index contributed by atoms with van der Waals surface area (Å²) in [7, 11) is 0. The fraction of sp³-hybridized carbons (Fsp3) is 0.273.